The van der Waals surface area contributed by atoms with Gasteiger partial charge in [-0.05, 0) is 31.7 Å². The van der Waals surface area contributed by atoms with Crippen molar-refractivity contribution < 1.29 is 9.53 Å². The van der Waals surface area contributed by atoms with Crippen molar-refractivity contribution in [3.05, 3.63) is 51.5 Å². The summed E-state index contributed by atoms with van der Waals surface area (Å²) in [5, 5.41) is 1.04. The number of thiazole rings is 1. The third-order valence-corrected chi connectivity index (χ3v) is 4.62. The number of ether oxygens (including phenoxy) is 1. The van der Waals surface area contributed by atoms with E-state index in [2.05, 4.69) is 4.98 Å². The maximum absolute atomic E-state index is 12.3. The highest BCUT2D eigenvalue weighted by molar-refractivity contribution is 7.11. The number of esters is 1. The van der Waals surface area contributed by atoms with Gasteiger partial charge in [-0.2, -0.15) is 0 Å². The molecule has 0 N–H and O–H groups in total. The molecule has 3 nitrogen and oxygen atoms in total. The molecule has 2 aromatic rings. The smallest absolute Gasteiger partial charge is 0.315 e. The molecule has 1 aliphatic carbocycles. The van der Waals surface area contributed by atoms with Gasteiger partial charge >= 0.3 is 5.97 Å². The molecule has 0 fully saturated rings. The molecule has 1 unspecified atom stereocenters. The van der Waals surface area contributed by atoms with E-state index in [1.807, 2.05) is 37.3 Å². The fourth-order valence-corrected chi connectivity index (χ4v) is 3.64. The normalized spacial score (nSPS) is 17.6. The Morgan fingerprint density at radius 2 is 2.20 bits per heavy atom. The van der Waals surface area contributed by atoms with Gasteiger partial charge in [-0.3, -0.25) is 4.79 Å². The quantitative estimate of drug-likeness (QED) is 0.809. The van der Waals surface area contributed by atoms with E-state index < -0.39 is 0 Å². The molecular weight excluding hydrogens is 270 g/mol. The predicted octanol–water partition coefficient (Wildman–Crippen LogP) is 3.61. The van der Waals surface area contributed by atoms with Crippen LogP contribution in [0.15, 0.2) is 30.3 Å². The van der Waals surface area contributed by atoms with Gasteiger partial charge in [0, 0.05) is 4.88 Å². The monoisotopic (exact) mass is 287 g/mol. The highest BCUT2D eigenvalue weighted by Crippen LogP contribution is 2.35. The van der Waals surface area contributed by atoms with Crippen molar-refractivity contribution in [3.8, 4) is 0 Å². The molecule has 0 saturated carbocycles. The molecule has 20 heavy (non-hydrogen) atoms. The fraction of sp³-hybridized carbons (Fsp3) is 0.375. The average molecular weight is 287 g/mol. The number of benzene rings is 1. The molecule has 1 atom stereocenters. The van der Waals surface area contributed by atoms with Crippen LogP contribution in [0.5, 0.6) is 0 Å². The van der Waals surface area contributed by atoms with E-state index in [0.717, 1.165) is 35.5 Å². The lowest BCUT2D eigenvalue weighted by Gasteiger charge is -2.19. The number of carbonyl (C=O) groups is 1. The lowest BCUT2D eigenvalue weighted by molar-refractivity contribution is -0.147. The molecule has 1 aromatic heterocycles. The van der Waals surface area contributed by atoms with Crippen LogP contribution in [-0.4, -0.2) is 11.0 Å². The lowest BCUT2D eigenvalue weighted by atomic mass is 9.91. The van der Waals surface area contributed by atoms with Gasteiger partial charge in [0.25, 0.3) is 0 Å². The summed E-state index contributed by atoms with van der Waals surface area (Å²) in [4.78, 5) is 18.1. The summed E-state index contributed by atoms with van der Waals surface area (Å²) in [6, 6.07) is 9.78. The van der Waals surface area contributed by atoms with Crippen LogP contribution in [0, 0.1) is 6.92 Å². The molecule has 0 radical (unpaired) electrons. The molecule has 4 heteroatoms. The van der Waals surface area contributed by atoms with Crippen molar-refractivity contribution in [2.45, 2.75) is 38.7 Å². The van der Waals surface area contributed by atoms with Gasteiger partial charge < -0.3 is 4.74 Å². The second-order valence-electron chi connectivity index (χ2n) is 5.08. The summed E-state index contributed by atoms with van der Waals surface area (Å²) >= 11 is 1.71. The Balaban J connectivity index is 1.69. The minimum Gasteiger partial charge on any atom is -0.460 e. The van der Waals surface area contributed by atoms with Gasteiger partial charge in [0.15, 0.2) is 0 Å². The molecule has 1 aromatic carbocycles. The molecule has 0 bridgehead atoms. The minimum atomic E-state index is -0.174. The maximum Gasteiger partial charge on any atom is 0.315 e. The third kappa shape index (κ3) is 2.75. The molecule has 3 rings (SSSR count). The van der Waals surface area contributed by atoms with E-state index in [0.29, 0.717) is 6.61 Å². The largest absolute Gasteiger partial charge is 0.460 e. The Morgan fingerprint density at radius 3 is 3.00 bits per heavy atom. The zero-order valence-corrected chi connectivity index (χ0v) is 12.3. The lowest BCUT2D eigenvalue weighted by Crippen LogP contribution is -2.20. The Labute approximate surface area is 122 Å². The van der Waals surface area contributed by atoms with Crippen LogP contribution >= 0.6 is 11.3 Å². The van der Waals surface area contributed by atoms with E-state index in [9.17, 15) is 4.79 Å². The Morgan fingerprint density at radius 1 is 1.40 bits per heavy atom. The van der Waals surface area contributed by atoms with E-state index >= 15 is 0 Å². The number of fused-ring (bicyclic) bond motifs is 1. The van der Waals surface area contributed by atoms with Crippen molar-refractivity contribution in [3.63, 3.8) is 0 Å². The second kappa shape index (κ2) is 5.75. The van der Waals surface area contributed by atoms with Crippen molar-refractivity contribution in [1.29, 1.82) is 0 Å². The summed E-state index contributed by atoms with van der Waals surface area (Å²) in [5.41, 5.74) is 1.98. The minimum absolute atomic E-state index is 0.139. The highest BCUT2D eigenvalue weighted by atomic mass is 32.1. The Hall–Kier alpha value is -1.68. The van der Waals surface area contributed by atoms with E-state index in [1.54, 1.807) is 11.3 Å². The summed E-state index contributed by atoms with van der Waals surface area (Å²) < 4.78 is 5.46. The zero-order valence-electron chi connectivity index (χ0n) is 11.5. The Bertz CT molecular complexity index is 606. The van der Waals surface area contributed by atoms with Crippen LogP contribution in [0.2, 0.25) is 0 Å². The van der Waals surface area contributed by atoms with Crippen molar-refractivity contribution in [2.24, 2.45) is 0 Å². The van der Waals surface area contributed by atoms with E-state index in [-0.39, 0.29) is 11.9 Å². The number of aryl methyl sites for hydroxylation is 2. The van der Waals surface area contributed by atoms with Gasteiger partial charge in [-0.1, -0.05) is 30.3 Å². The summed E-state index contributed by atoms with van der Waals surface area (Å²) in [6.45, 7) is 2.34. The van der Waals surface area contributed by atoms with Crippen molar-refractivity contribution in [2.75, 3.05) is 0 Å². The number of hydrogen-bond donors (Lipinski definition) is 0. The molecule has 0 amide bonds. The van der Waals surface area contributed by atoms with Gasteiger partial charge in [-0.25, -0.2) is 4.98 Å². The topological polar surface area (TPSA) is 39.2 Å². The maximum atomic E-state index is 12.3. The number of nitrogens with zero attached hydrogens (tertiary/aromatic N) is 1. The van der Waals surface area contributed by atoms with Crippen LogP contribution in [0.4, 0.5) is 0 Å². The van der Waals surface area contributed by atoms with E-state index in [4.69, 9.17) is 4.74 Å². The van der Waals surface area contributed by atoms with Gasteiger partial charge in [-0.15, -0.1) is 11.3 Å². The second-order valence-corrected chi connectivity index (χ2v) is 6.37. The number of hydrogen-bond acceptors (Lipinski definition) is 4. The first-order chi connectivity index (χ1) is 9.74. The van der Waals surface area contributed by atoms with Gasteiger partial charge in [0.05, 0.1) is 10.7 Å². The van der Waals surface area contributed by atoms with Crippen molar-refractivity contribution >= 4 is 17.3 Å². The summed E-state index contributed by atoms with van der Waals surface area (Å²) in [7, 11) is 0. The van der Waals surface area contributed by atoms with E-state index in [1.165, 1.54) is 4.88 Å². The standard InChI is InChI=1S/C16H17NO2S/c1-11-17-15-13(8-5-9-14(15)20-11)16(18)19-10-12-6-3-2-4-7-12/h2-4,6-7,13H,5,8-10H2,1H3. The van der Waals surface area contributed by atoms with Crippen LogP contribution in [0.3, 0.4) is 0 Å². The van der Waals surface area contributed by atoms with Crippen molar-refractivity contribution in [1.82, 2.24) is 4.98 Å². The van der Waals surface area contributed by atoms with Crippen LogP contribution in [0.1, 0.15) is 39.9 Å². The number of rotatable bonds is 3. The third-order valence-electron chi connectivity index (χ3n) is 3.57. The fourth-order valence-electron chi connectivity index (χ4n) is 2.60. The van der Waals surface area contributed by atoms with Gasteiger partial charge in [0.1, 0.15) is 12.5 Å². The number of aromatic nitrogens is 1. The molecule has 0 spiro atoms. The molecule has 104 valence electrons. The summed E-state index contributed by atoms with van der Waals surface area (Å²) in [5.74, 6) is -0.312. The van der Waals surface area contributed by atoms with Crippen LogP contribution in [0.25, 0.3) is 0 Å². The van der Waals surface area contributed by atoms with Crippen LogP contribution < -0.4 is 0 Å². The molecule has 1 heterocycles. The first-order valence-electron chi connectivity index (χ1n) is 6.91. The van der Waals surface area contributed by atoms with Gasteiger partial charge in [0.2, 0.25) is 0 Å². The molecular formula is C16H17NO2S. The Kier molecular flexibility index (Phi) is 3.83. The molecule has 0 aliphatic heterocycles. The highest BCUT2D eigenvalue weighted by Gasteiger charge is 2.30. The molecule has 1 aliphatic rings. The molecule has 0 saturated heterocycles. The first-order valence-corrected chi connectivity index (χ1v) is 7.72. The summed E-state index contributed by atoms with van der Waals surface area (Å²) in [6.07, 6.45) is 2.94. The predicted molar refractivity (Wildman–Crippen MR) is 78.8 cm³/mol. The van der Waals surface area contributed by atoms with Crippen LogP contribution in [-0.2, 0) is 22.6 Å². The SMILES string of the molecule is Cc1nc2c(s1)CCCC2C(=O)OCc1ccccc1. The number of carbonyl (C=O) groups excluding carboxylic acids is 1. The zero-order chi connectivity index (χ0) is 13.9. The average Bonchev–Trinajstić information content (AvgIpc) is 2.85. The first kappa shape index (κ1) is 13.3.